The van der Waals surface area contributed by atoms with Crippen LogP contribution in [0.25, 0.3) is 5.57 Å². The highest BCUT2D eigenvalue weighted by molar-refractivity contribution is 6.37. The Balaban J connectivity index is 2.16. The molecule has 0 bridgehead atoms. The normalized spacial score (nSPS) is 14.1. The van der Waals surface area contributed by atoms with Gasteiger partial charge in [-0.2, -0.15) is 0 Å². The number of hydrogen-bond donors (Lipinski definition) is 1. The molecule has 152 valence electrons. The second-order valence-corrected chi connectivity index (χ2v) is 7.47. The summed E-state index contributed by atoms with van der Waals surface area (Å²) < 4.78 is 10.8. The number of hydrogen-bond acceptors (Lipinski definition) is 5. The second kappa shape index (κ2) is 8.57. The zero-order valence-electron chi connectivity index (χ0n) is 16.8. The summed E-state index contributed by atoms with van der Waals surface area (Å²) in [6, 6.07) is 12.2. The molecule has 0 aromatic heterocycles. The van der Waals surface area contributed by atoms with Gasteiger partial charge in [-0.15, -0.1) is 0 Å². The van der Waals surface area contributed by atoms with Crippen LogP contribution < -0.4 is 14.8 Å². The van der Waals surface area contributed by atoms with Crippen LogP contribution in [0, 0.1) is 5.92 Å². The second-order valence-electron chi connectivity index (χ2n) is 7.03. The zero-order valence-corrected chi connectivity index (χ0v) is 17.5. The molecule has 0 radical (unpaired) electrons. The molecule has 0 unspecified atom stereocenters. The number of imide groups is 1. The maximum Gasteiger partial charge on any atom is 0.278 e. The van der Waals surface area contributed by atoms with Crippen LogP contribution in [0.3, 0.4) is 0 Å². The standard InChI is InChI=1S/C22H23ClN2O4/c1-13(2)12-25-21(26)19(15-7-5-6-8-17(15)28-3)20(22(25)27)24-16-11-14(23)9-10-18(16)29-4/h5-11,13,24H,12H2,1-4H3. The molecule has 2 amide bonds. The molecule has 1 N–H and O–H groups in total. The average Bonchev–Trinajstić information content (AvgIpc) is 2.92. The summed E-state index contributed by atoms with van der Waals surface area (Å²) in [6.45, 7) is 4.22. The lowest BCUT2D eigenvalue weighted by molar-refractivity contribution is -0.137. The molecule has 3 rings (SSSR count). The number of rotatable bonds is 7. The van der Waals surface area contributed by atoms with Gasteiger partial charge in [0.1, 0.15) is 17.2 Å². The Morgan fingerprint density at radius 1 is 1.00 bits per heavy atom. The Hall–Kier alpha value is -2.99. The van der Waals surface area contributed by atoms with Crippen LogP contribution in [0.4, 0.5) is 5.69 Å². The van der Waals surface area contributed by atoms with Gasteiger partial charge in [-0.05, 0) is 30.2 Å². The van der Waals surface area contributed by atoms with Gasteiger partial charge < -0.3 is 14.8 Å². The van der Waals surface area contributed by atoms with Crippen LogP contribution in [0.1, 0.15) is 19.4 Å². The molecule has 0 fully saturated rings. The van der Waals surface area contributed by atoms with E-state index in [0.29, 0.717) is 34.3 Å². The predicted octanol–water partition coefficient (Wildman–Crippen LogP) is 4.21. The Labute approximate surface area is 175 Å². The van der Waals surface area contributed by atoms with Crippen molar-refractivity contribution >= 4 is 34.7 Å². The van der Waals surface area contributed by atoms with Crippen molar-refractivity contribution in [2.45, 2.75) is 13.8 Å². The molecule has 0 saturated carbocycles. The molecule has 1 aliphatic heterocycles. The Bertz CT molecular complexity index is 985. The lowest BCUT2D eigenvalue weighted by atomic mass is 10.0. The number of anilines is 1. The number of halogens is 1. The molecule has 0 spiro atoms. The van der Waals surface area contributed by atoms with Gasteiger partial charge in [-0.1, -0.05) is 43.6 Å². The lowest BCUT2D eigenvalue weighted by Crippen LogP contribution is -2.35. The van der Waals surface area contributed by atoms with Crippen LogP contribution in [0.2, 0.25) is 5.02 Å². The number of methoxy groups -OCH3 is 2. The molecular formula is C22H23ClN2O4. The quantitative estimate of drug-likeness (QED) is 0.687. The fourth-order valence-electron chi connectivity index (χ4n) is 3.24. The summed E-state index contributed by atoms with van der Waals surface area (Å²) in [5.74, 6) is 0.376. The van der Waals surface area contributed by atoms with Crippen LogP contribution in [0.5, 0.6) is 11.5 Å². The van der Waals surface area contributed by atoms with E-state index < -0.39 is 5.91 Å². The molecule has 0 aliphatic carbocycles. The molecule has 1 aliphatic rings. The van der Waals surface area contributed by atoms with E-state index in [0.717, 1.165) is 0 Å². The first-order valence-electron chi connectivity index (χ1n) is 9.21. The number of carbonyl (C=O) groups excluding carboxylic acids is 2. The van der Waals surface area contributed by atoms with Gasteiger partial charge in [0.25, 0.3) is 11.8 Å². The van der Waals surface area contributed by atoms with Crippen molar-refractivity contribution in [3.05, 3.63) is 58.7 Å². The van der Waals surface area contributed by atoms with Crippen molar-refractivity contribution in [3.8, 4) is 11.5 Å². The summed E-state index contributed by atoms with van der Waals surface area (Å²) >= 11 is 6.13. The number of nitrogens with one attached hydrogen (secondary N) is 1. The maximum absolute atomic E-state index is 13.2. The van der Waals surface area contributed by atoms with Crippen LogP contribution in [-0.4, -0.2) is 37.5 Å². The number of amides is 2. The van der Waals surface area contributed by atoms with Crippen molar-refractivity contribution in [2.75, 3.05) is 26.1 Å². The molecule has 2 aromatic rings. The van der Waals surface area contributed by atoms with Crippen molar-refractivity contribution in [1.29, 1.82) is 0 Å². The van der Waals surface area contributed by atoms with E-state index in [1.165, 1.54) is 19.1 Å². The van der Waals surface area contributed by atoms with Gasteiger partial charge in [-0.3, -0.25) is 14.5 Å². The number of ether oxygens (including phenoxy) is 2. The highest BCUT2D eigenvalue weighted by Gasteiger charge is 2.40. The topological polar surface area (TPSA) is 67.9 Å². The monoisotopic (exact) mass is 414 g/mol. The first kappa shape index (κ1) is 20.7. The predicted molar refractivity (Wildman–Crippen MR) is 113 cm³/mol. The highest BCUT2D eigenvalue weighted by Crippen LogP contribution is 2.37. The maximum atomic E-state index is 13.2. The summed E-state index contributed by atoms with van der Waals surface area (Å²) in [6.07, 6.45) is 0. The van der Waals surface area contributed by atoms with Crippen LogP contribution in [-0.2, 0) is 9.59 Å². The van der Waals surface area contributed by atoms with Crippen molar-refractivity contribution in [2.24, 2.45) is 5.92 Å². The van der Waals surface area contributed by atoms with Crippen LogP contribution in [0.15, 0.2) is 48.2 Å². The Morgan fingerprint density at radius 2 is 1.69 bits per heavy atom. The third-order valence-corrected chi connectivity index (χ3v) is 4.75. The number of para-hydroxylation sites is 1. The van der Waals surface area contributed by atoms with Crippen molar-refractivity contribution < 1.29 is 19.1 Å². The van der Waals surface area contributed by atoms with E-state index >= 15 is 0 Å². The van der Waals surface area contributed by atoms with E-state index in [4.69, 9.17) is 21.1 Å². The molecule has 29 heavy (non-hydrogen) atoms. The lowest BCUT2D eigenvalue weighted by Gasteiger charge is -2.18. The Kier molecular flexibility index (Phi) is 6.13. The molecule has 1 heterocycles. The smallest absolute Gasteiger partial charge is 0.278 e. The molecule has 6 nitrogen and oxygen atoms in total. The number of carbonyl (C=O) groups is 2. The largest absolute Gasteiger partial charge is 0.496 e. The summed E-state index contributed by atoms with van der Waals surface area (Å²) in [7, 11) is 3.05. The van der Waals surface area contributed by atoms with E-state index in [2.05, 4.69) is 5.32 Å². The zero-order chi connectivity index (χ0) is 21.1. The summed E-state index contributed by atoms with van der Waals surface area (Å²) in [5, 5.41) is 3.56. The van der Waals surface area contributed by atoms with Crippen molar-refractivity contribution in [1.82, 2.24) is 4.90 Å². The Morgan fingerprint density at radius 3 is 2.34 bits per heavy atom. The van der Waals surface area contributed by atoms with Gasteiger partial charge in [0.15, 0.2) is 0 Å². The van der Waals surface area contributed by atoms with Gasteiger partial charge in [0.2, 0.25) is 0 Å². The number of benzene rings is 2. The SMILES string of the molecule is COc1ccc(Cl)cc1NC1=C(c2ccccc2OC)C(=O)N(CC(C)C)C1=O. The molecular weight excluding hydrogens is 392 g/mol. The van der Waals surface area contributed by atoms with Gasteiger partial charge in [0, 0.05) is 17.1 Å². The molecule has 2 aromatic carbocycles. The third-order valence-electron chi connectivity index (χ3n) is 4.51. The van der Waals surface area contributed by atoms with E-state index in [9.17, 15) is 9.59 Å². The van der Waals surface area contributed by atoms with Crippen molar-refractivity contribution in [3.63, 3.8) is 0 Å². The van der Waals surface area contributed by atoms with E-state index in [-0.39, 0.29) is 23.1 Å². The van der Waals surface area contributed by atoms with Gasteiger partial charge in [-0.25, -0.2) is 0 Å². The first-order valence-corrected chi connectivity index (χ1v) is 9.59. The van der Waals surface area contributed by atoms with Gasteiger partial charge >= 0.3 is 0 Å². The fraction of sp³-hybridized carbons (Fsp3) is 0.273. The fourth-order valence-corrected chi connectivity index (χ4v) is 3.41. The minimum atomic E-state index is -0.397. The summed E-state index contributed by atoms with van der Waals surface area (Å²) in [4.78, 5) is 27.7. The highest BCUT2D eigenvalue weighted by atomic mass is 35.5. The third kappa shape index (κ3) is 4.07. The number of nitrogens with zero attached hydrogens (tertiary/aromatic N) is 1. The van der Waals surface area contributed by atoms with Crippen LogP contribution >= 0.6 is 11.6 Å². The average molecular weight is 415 g/mol. The minimum Gasteiger partial charge on any atom is -0.496 e. The molecule has 0 atom stereocenters. The van der Waals surface area contributed by atoms with E-state index in [1.54, 1.807) is 36.4 Å². The van der Waals surface area contributed by atoms with Gasteiger partial charge in [0.05, 0.1) is 25.5 Å². The molecule has 7 heteroatoms. The minimum absolute atomic E-state index is 0.127. The summed E-state index contributed by atoms with van der Waals surface area (Å²) in [5.41, 5.74) is 1.47. The van der Waals surface area contributed by atoms with E-state index in [1.807, 2.05) is 19.9 Å². The first-order chi connectivity index (χ1) is 13.9. The molecule has 0 saturated heterocycles.